The lowest BCUT2D eigenvalue weighted by Gasteiger charge is -2.09. The van der Waals surface area contributed by atoms with Crippen molar-refractivity contribution in [2.75, 3.05) is 6.54 Å². The maximum absolute atomic E-state index is 12.2. The van der Waals surface area contributed by atoms with Gasteiger partial charge in [-0.2, -0.15) is 15.3 Å². The predicted molar refractivity (Wildman–Crippen MR) is 86.7 cm³/mol. The average molecular weight is 313 g/mol. The van der Waals surface area contributed by atoms with E-state index in [-0.39, 0.29) is 17.5 Å². The van der Waals surface area contributed by atoms with Crippen molar-refractivity contribution in [1.29, 1.82) is 0 Å². The van der Waals surface area contributed by atoms with Crippen LogP contribution >= 0.6 is 0 Å². The van der Waals surface area contributed by atoms with Crippen LogP contribution in [-0.2, 0) is 4.79 Å². The zero-order valence-electron chi connectivity index (χ0n) is 13.7. The second-order valence-electron chi connectivity index (χ2n) is 6.72. The molecule has 122 valence electrons. The van der Waals surface area contributed by atoms with Crippen LogP contribution in [0.15, 0.2) is 22.6 Å². The Hall–Kier alpha value is -2.16. The molecule has 2 unspecified atom stereocenters. The van der Waals surface area contributed by atoms with Gasteiger partial charge >= 0.3 is 0 Å². The molecule has 1 saturated carbocycles. The number of nitrogens with one attached hydrogen (secondary N) is 1. The molecule has 1 fully saturated rings. The SMILES string of the molecule is C#CCCC1(CCNC(=O)C2CC2c2cnn(C(C)C)c2)N=N1. The van der Waals surface area contributed by atoms with Crippen molar-refractivity contribution < 1.29 is 4.79 Å². The third-order valence-electron chi connectivity index (χ3n) is 4.58. The minimum Gasteiger partial charge on any atom is -0.356 e. The third kappa shape index (κ3) is 3.61. The Morgan fingerprint density at radius 3 is 2.91 bits per heavy atom. The van der Waals surface area contributed by atoms with Crippen molar-refractivity contribution in [2.45, 2.75) is 57.2 Å². The first-order chi connectivity index (χ1) is 11.0. The molecule has 3 rings (SSSR count). The fourth-order valence-electron chi connectivity index (χ4n) is 2.86. The Bertz CT molecular complexity index is 648. The zero-order chi connectivity index (χ0) is 16.4. The van der Waals surface area contributed by atoms with Gasteiger partial charge in [-0.15, -0.1) is 12.3 Å². The Morgan fingerprint density at radius 2 is 2.30 bits per heavy atom. The molecule has 1 N–H and O–H groups in total. The summed E-state index contributed by atoms with van der Waals surface area (Å²) in [5.41, 5.74) is 0.845. The molecule has 1 aliphatic carbocycles. The summed E-state index contributed by atoms with van der Waals surface area (Å²) in [4.78, 5) is 12.2. The number of rotatable bonds is 8. The molecule has 0 saturated heterocycles. The zero-order valence-corrected chi connectivity index (χ0v) is 13.7. The number of aromatic nitrogens is 2. The molecule has 0 spiro atoms. The van der Waals surface area contributed by atoms with Gasteiger partial charge in [0.15, 0.2) is 5.66 Å². The summed E-state index contributed by atoms with van der Waals surface area (Å²) >= 11 is 0. The number of hydrogen-bond acceptors (Lipinski definition) is 4. The molecule has 1 amide bonds. The summed E-state index contributed by atoms with van der Waals surface area (Å²) in [5, 5.41) is 15.5. The highest BCUT2D eigenvalue weighted by molar-refractivity contribution is 5.82. The van der Waals surface area contributed by atoms with Crippen LogP contribution in [0.2, 0.25) is 0 Å². The number of carbonyl (C=O) groups is 1. The summed E-state index contributed by atoms with van der Waals surface area (Å²) in [6.07, 6.45) is 12.3. The van der Waals surface area contributed by atoms with Gasteiger partial charge in [-0.25, -0.2) is 0 Å². The van der Waals surface area contributed by atoms with E-state index in [0.29, 0.717) is 24.9 Å². The molecule has 0 aromatic carbocycles. The van der Waals surface area contributed by atoms with Gasteiger partial charge in [0.05, 0.1) is 6.20 Å². The summed E-state index contributed by atoms with van der Waals surface area (Å²) in [5.74, 6) is 3.13. The second kappa shape index (κ2) is 6.15. The molecular weight excluding hydrogens is 290 g/mol. The number of hydrogen-bond donors (Lipinski definition) is 1. The largest absolute Gasteiger partial charge is 0.356 e. The van der Waals surface area contributed by atoms with Crippen LogP contribution in [0.4, 0.5) is 0 Å². The summed E-state index contributed by atoms with van der Waals surface area (Å²) in [6.45, 7) is 4.79. The van der Waals surface area contributed by atoms with Crippen molar-refractivity contribution in [3.8, 4) is 12.3 Å². The average Bonchev–Trinajstić information content (AvgIpc) is 3.43. The fourth-order valence-corrected chi connectivity index (χ4v) is 2.86. The van der Waals surface area contributed by atoms with Gasteiger partial charge in [0.25, 0.3) is 0 Å². The van der Waals surface area contributed by atoms with Gasteiger partial charge in [-0.1, -0.05) is 0 Å². The maximum atomic E-state index is 12.2. The number of terminal acetylenes is 1. The van der Waals surface area contributed by atoms with Crippen LogP contribution < -0.4 is 5.32 Å². The Balaban J connectivity index is 1.41. The molecule has 0 bridgehead atoms. The van der Waals surface area contributed by atoms with Crippen LogP contribution in [0.5, 0.6) is 0 Å². The molecule has 6 heteroatoms. The number of nitrogens with zero attached hydrogens (tertiary/aromatic N) is 4. The van der Waals surface area contributed by atoms with Crippen LogP contribution in [0, 0.1) is 18.3 Å². The standard InChI is InChI=1S/C17H23N5O/c1-4-5-6-17(20-21-17)7-8-18-16(23)15-9-14(15)13-10-19-22(11-13)12(2)3/h1,10-12,14-15H,5-9H2,2-3H3,(H,18,23). The summed E-state index contributed by atoms with van der Waals surface area (Å²) in [7, 11) is 0. The van der Waals surface area contributed by atoms with Crippen molar-refractivity contribution in [3.05, 3.63) is 18.0 Å². The van der Waals surface area contributed by atoms with Gasteiger partial charge < -0.3 is 5.32 Å². The van der Waals surface area contributed by atoms with E-state index >= 15 is 0 Å². The first-order valence-corrected chi connectivity index (χ1v) is 8.24. The maximum Gasteiger partial charge on any atom is 0.223 e. The van der Waals surface area contributed by atoms with E-state index in [1.165, 1.54) is 0 Å². The van der Waals surface area contributed by atoms with Gasteiger partial charge in [0.2, 0.25) is 5.91 Å². The highest BCUT2D eigenvalue weighted by Gasteiger charge is 2.45. The molecule has 0 radical (unpaired) electrons. The fraction of sp³-hybridized carbons (Fsp3) is 0.647. The minimum atomic E-state index is -0.318. The van der Waals surface area contributed by atoms with Gasteiger partial charge in [-0.3, -0.25) is 9.48 Å². The molecule has 1 aliphatic heterocycles. The molecule has 2 aliphatic rings. The monoisotopic (exact) mass is 313 g/mol. The van der Waals surface area contributed by atoms with E-state index in [0.717, 1.165) is 24.8 Å². The van der Waals surface area contributed by atoms with Crippen LogP contribution in [0.25, 0.3) is 0 Å². The van der Waals surface area contributed by atoms with E-state index in [2.05, 4.69) is 46.6 Å². The molecule has 23 heavy (non-hydrogen) atoms. The van der Waals surface area contributed by atoms with Crippen molar-refractivity contribution in [3.63, 3.8) is 0 Å². The molecule has 1 aromatic rings. The van der Waals surface area contributed by atoms with Crippen LogP contribution in [-0.4, -0.2) is 27.9 Å². The molecule has 1 aromatic heterocycles. The van der Waals surface area contributed by atoms with Gasteiger partial charge in [0, 0.05) is 44.0 Å². The minimum absolute atomic E-state index is 0.0783. The second-order valence-corrected chi connectivity index (χ2v) is 6.72. The van der Waals surface area contributed by atoms with E-state index < -0.39 is 0 Å². The Kier molecular flexibility index (Phi) is 4.20. The summed E-state index contributed by atoms with van der Waals surface area (Å²) < 4.78 is 1.94. The van der Waals surface area contributed by atoms with Crippen molar-refractivity contribution >= 4 is 5.91 Å². The third-order valence-corrected chi connectivity index (χ3v) is 4.58. The lowest BCUT2D eigenvalue weighted by Crippen LogP contribution is -2.29. The van der Waals surface area contributed by atoms with Gasteiger partial charge in [-0.05, 0) is 31.7 Å². The topological polar surface area (TPSA) is 71.6 Å². The Labute approximate surface area is 136 Å². The van der Waals surface area contributed by atoms with E-state index in [4.69, 9.17) is 6.42 Å². The molecule has 2 atom stereocenters. The van der Waals surface area contributed by atoms with Crippen LogP contribution in [0.3, 0.4) is 0 Å². The van der Waals surface area contributed by atoms with E-state index in [1.807, 2.05) is 10.9 Å². The Morgan fingerprint density at radius 1 is 1.52 bits per heavy atom. The quantitative estimate of drug-likeness (QED) is 0.749. The normalized spacial score (nSPS) is 23.6. The first-order valence-electron chi connectivity index (χ1n) is 8.24. The van der Waals surface area contributed by atoms with E-state index in [9.17, 15) is 4.79 Å². The summed E-state index contributed by atoms with van der Waals surface area (Å²) in [6, 6.07) is 0.347. The molecule has 6 nitrogen and oxygen atoms in total. The molecule has 2 heterocycles. The molecular formula is C17H23N5O. The predicted octanol–water partition coefficient (Wildman–Crippen LogP) is 2.65. The van der Waals surface area contributed by atoms with Crippen molar-refractivity contribution in [1.82, 2.24) is 15.1 Å². The van der Waals surface area contributed by atoms with Crippen LogP contribution in [0.1, 0.15) is 57.1 Å². The lowest BCUT2D eigenvalue weighted by atomic mass is 10.0. The number of amides is 1. The highest BCUT2D eigenvalue weighted by Crippen LogP contribution is 2.47. The lowest BCUT2D eigenvalue weighted by molar-refractivity contribution is -0.122. The van der Waals surface area contributed by atoms with Crippen molar-refractivity contribution in [2.24, 2.45) is 16.1 Å². The number of carbonyl (C=O) groups excluding carboxylic acids is 1. The first kappa shape index (κ1) is 15.7. The van der Waals surface area contributed by atoms with E-state index in [1.54, 1.807) is 0 Å². The highest BCUT2D eigenvalue weighted by atomic mass is 16.2. The smallest absolute Gasteiger partial charge is 0.223 e. The van der Waals surface area contributed by atoms with Gasteiger partial charge in [0.1, 0.15) is 0 Å².